The molecule has 3 rings (SSSR count). The normalized spacial score (nSPS) is 25.9. The van der Waals surface area contributed by atoms with Crippen molar-refractivity contribution >= 4 is 11.5 Å². The van der Waals surface area contributed by atoms with Gasteiger partial charge in [-0.05, 0) is 12.1 Å². The number of aliphatic imine (C=N–C) groups is 1. The summed E-state index contributed by atoms with van der Waals surface area (Å²) in [6.45, 7) is 0. The topological polar surface area (TPSA) is 67.6 Å². The number of fused-ring (bicyclic) bond motifs is 1. The van der Waals surface area contributed by atoms with Crippen LogP contribution in [0.25, 0.3) is 0 Å². The van der Waals surface area contributed by atoms with Crippen LogP contribution in [0.2, 0.25) is 0 Å². The monoisotopic (exact) mass is 226 g/mol. The summed E-state index contributed by atoms with van der Waals surface area (Å²) in [5, 5.41) is 1.69. The smallest absolute Gasteiger partial charge is 0.148 e. The molecule has 0 bridgehead atoms. The minimum absolute atomic E-state index is 0.0969. The number of benzene rings is 1. The van der Waals surface area contributed by atoms with Gasteiger partial charge in [-0.15, -0.1) is 0 Å². The zero-order valence-electron chi connectivity index (χ0n) is 9.32. The Morgan fingerprint density at radius 3 is 2.65 bits per heavy atom. The van der Waals surface area contributed by atoms with Crippen LogP contribution >= 0.6 is 0 Å². The molecule has 2 aliphatic rings. The van der Waals surface area contributed by atoms with Crippen LogP contribution in [0.1, 0.15) is 5.56 Å². The summed E-state index contributed by atoms with van der Waals surface area (Å²) in [6, 6.07) is 7.85. The minimum Gasteiger partial charge on any atom is -0.398 e. The lowest BCUT2D eigenvalue weighted by Crippen LogP contribution is -2.44. The fourth-order valence-electron chi connectivity index (χ4n) is 2.22. The Hall–Kier alpha value is -2.07. The number of nitrogens with two attached hydrogens (primary N) is 2. The number of nitrogen functional groups attached to an aromatic ring is 1. The van der Waals surface area contributed by atoms with Crippen molar-refractivity contribution in [3.63, 3.8) is 0 Å². The lowest BCUT2D eigenvalue weighted by molar-refractivity contribution is 0.385. The van der Waals surface area contributed by atoms with E-state index in [1.807, 2.05) is 36.4 Å². The van der Waals surface area contributed by atoms with E-state index in [0.717, 1.165) is 11.4 Å². The Kier molecular flexibility index (Phi) is 2.23. The molecule has 4 nitrogen and oxygen atoms in total. The van der Waals surface area contributed by atoms with Crippen molar-refractivity contribution < 1.29 is 0 Å². The van der Waals surface area contributed by atoms with Crippen LogP contribution in [-0.4, -0.2) is 22.9 Å². The lowest BCUT2D eigenvalue weighted by Gasteiger charge is -2.23. The average Bonchev–Trinajstić information content (AvgIpc) is 2.68. The average molecular weight is 226 g/mol. The molecule has 17 heavy (non-hydrogen) atoms. The minimum atomic E-state index is 0.0969. The summed E-state index contributed by atoms with van der Waals surface area (Å²) in [5.41, 5.74) is 7.55. The Balaban J connectivity index is 2.03. The van der Waals surface area contributed by atoms with Gasteiger partial charge in [-0.25, -0.2) is 5.84 Å². The van der Waals surface area contributed by atoms with Gasteiger partial charge in [0.25, 0.3) is 0 Å². The van der Waals surface area contributed by atoms with Crippen molar-refractivity contribution in [2.45, 2.75) is 12.1 Å². The van der Waals surface area contributed by atoms with Crippen LogP contribution in [0.4, 0.5) is 5.69 Å². The zero-order valence-corrected chi connectivity index (χ0v) is 9.32. The molecule has 0 saturated heterocycles. The molecule has 0 saturated carbocycles. The molecular weight excluding hydrogens is 212 g/mol. The second kappa shape index (κ2) is 3.75. The van der Waals surface area contributed by atoms with Crippen LogP contribution in [-0.2, 0) is 0 Å². The van der Waals surface area contributed by atoms with Crippen LogP contribution in [0, 0.1) is 0 Å². The lowest BCUT2D eigenvalue weighted by atomic mass is 10.0. The number of rotatable bonds is 1. The maximum absolute atomic E-state index is 6.10. The molecule has 0 aromatic heterocycles. The second-order valence-corrected chi connectivity index (χ2v) is 4.20. The molecule has 1 aromatic carbocycles. The van der Waals surface area contributed by atoms with E-state index >= 15 is 0 Å². The molecule has 2 atom stereocenters. The summed E-state index contributed by atoms with van der Waals surface area (Å²) in [7, 11) is 0. The van der Waals surface area contributed by atoms with Crippen molar-refractivity contribution in [1.29, 1.82) is 0 Å². The third-order valence-corrected chi connectivity index (χ3v) is 3.12. The maximum Gasteiger partial charge on any atom is 0.148 e. The first-order valence-corrected chi connectivity index (χ1v) is 5.59. The Morgan fingerprint density at radius 2 is 1.88 bits per heavy atom. The fraction of sp³-hybridized carbons (Fsp3) is 0.154. The van der Waals surface area contributed by atoms with E-state index in [4.69, 9.17) is 11.6 Å². The van der Waals surface area contributed by atoms with Gasteiger partial charge in [-0.1, -0.05) is 36.4 Å². The molecule has 0 radical (unpaired) electrons. The summed E-state index contributed by atoms with van der Waals surface area (Å²) in [6.07, 6.45) is 8.10. The highest BCUT2D eigenvalue weighted by atomic mass is 15.5. The van der Waals surface area contributed by atoms with Crippen molar-refractivity contribution in [2.75, 3.05) is 5.73 Å². The largest absolute Gasteiger partial charge is 0.398 e. The first kappa shape index (κ1) is 10.1. The molecule has 2 unspecified atom stereocenters. The molecule has 1 aromatic rings. The summed E-state index contributed by atoms with van der Waals surface area (Å²) < 4.78 is 0. The number of anilines is 1. The predicted molar refractivity (Wildman–Crippen MR) is 69.3 cm³/mol. The number of allylic oxidation sites excluding steroid dienone is 2. The van der Waals surface area contributed by atoms with E-state index in [-0.39, 0.29) is 12.1 Å². The highest BCUT2D eigenvalue weighted by Crippen LogP contribution is 2.25. The molecule has 1 aliphatic carbocycles. The van der Waals surface area contributed by atoms with Gasteiger partial charge in [0.05, 0.1) is 12.1 Å². The maximum atomic E-state index is 6.10. The molecule has 86 valence electrons. The summed E-state index contributed by atoms with van der Waals surface area (Å²) >= 11 is 0. The number of para-hydroxylation sites is 1. The Bertz CT molecular complexity index is 530. The quantitative estimate of drug-likeness (QED) is 0.556. The van der Waals surface area contributed by atoms with Crippen LogP contribution < -0.4 is 11.6 Å². The van der Waals surface area contributed by atoms with E-state index in [1.54, 1.807) is 5.01 Å². The van der Waals surface area contributed by atoms with E-state index < -0.39 is 0 Å². The first-order valence-electron chi connectivity index (χ1n) is 5.59. The molecule has 4 heteroatoms. The molecule has 0 spiro atoms. The molecule has 1 heterocycles. The molecule has 4 N–H and O–H groups in total. The van der Waals surface area contributed by atoms with Gasteiger partial charge in [-0.2, -0.15) is 0 Å². The third-order valence-electron chi connectivity index (χ3n) is 3.12. The van der Waals surface area contributed by atoms with E-state index in [1.165, 1.54) is 0 Å². The summed E-state index contributed by atoms with van der Waals surface area (Å²) in [4.78, 5) is 4.62. The number of nitrogens with zero attached hydrogens (tertiary/aromatic N) is 2. The Labute approximate surface area is 99.9 Å². The third kappa shape index (κ3) is 1.54. The van der Waals surface area contributed by atoms with Crippen LogP contribution in [0.3, 0.4) is 0 Å². The molecule has 0 amide bonds. The SMILES string of the molecule is Nc1ccccc1C1=NC2C=CC=CC2N1N. The summed E-state index contributed by atoms with van der Waals surface area (Å²) in [5.74, 6) is 6.85. The van der Waals surface area contributed by atoms with Gasteiger partial charge in [0.1, 0.15) is 5.84 Å². The van der Waals surface area contributed by atoms with Gasteiger partial charge < -0.3 is 5.73 Å². The van der Waals surface area contributed by atoms with Crippen LogP contribution in [0.15, 0.2) is 53.6 Å². The zero-order chi connectivity index (χ0) is 11.8. The number of amidine groups is 1. The van der Waals surface area contributed by atoms with Gasteiger partial charge >= 0.3 is 0 Å². The molecule has 0 fully saturated rings. The van der Waals surface area contributed by atoms with Crippen molar-refractivity contribution in [3.05, 3.63) is 54.1 Å². The first-order chi connectivity index (χ1) is 8.27. The van der Waals surface area contributed by atoms with Gasteiger partial charge in [-0.3, -0.25) is 10.0 Å². The van der Waals surface area contributed by atoms with E-state index in [2.05, 4.69) is 17.1 Å². The second-order valence-electron chi connectivity index (χ2n) is 4.20. The van der Waals surface area contributed by atoms with Crippen LogP contribution in [0.5, 0.6) is 0 Å². The molecular formula is C13H14N4. The number of hydrogen-bond acceptors (Lipinski definition) is 4. The predicted octanol–water partition coefficient (Wildman–Crippen LogP) is 1.07. The van der Waals surface area contributed by atoms with Gasteiger partial charge in [0.2, 0.25) is 0 Å². The Morgan fingerprint density at radius 1 is 1.12 bits per heavy atom. The van der Waals surface area contributed by atoms with Gasteiger partial charge in [0, 0.05) is 11.3 Å². The van der Waals surface area contributed by atoms with E-state index in [9.17, 15) is 0 Å². The standard InChI is InChI=1S/C13H14N4/c14-10-6-2-1-5-9(10)13-16-11-7-3-4-8-12(11)17(13)15/h1-8,11-12H,14-15H2. The number of hydrogen-bond donors (Lipinski definition) is 2. The highest BCUT2D eigenvalue weighted by Gasteiger charge is 2.33. The van der Waals surface area contributed by atoms with E-state index in [0.29, 0.717) is 5.69 Å². The van der Waals surface area contributed by atoms with Crippen molar-refractivity contribution in [1.82, 2.24) is 5.01 Å². The van der Waals surface area contributed by atoms with Gasteiger partial charge in [0.15, 0.2) is 0 Å². The fourth-order valence-corrected chi connectivity index (χ4v) is 2.22. The highest BCUT2D eigenvalue weighted by molar-refractivity contribution is 6.04. The van der Waals surface area contributed by atoms with Crippen molar-refractivity contribution in [2.24, 2.45) is 10.8 Å². The van der Waals surface area contributed by atoms with Crippen molar-refractivity contribution in [3.8, 4) is 0 Å². The molecule has 1 aliphatic heterocycles. The number of hydrazine groups is 1.